The van der Waals surface area contributed by atoms with Crippen LogP contribution < -0.4 is 16.4 Å². The number of rotatable bonds is 9. The molecule has 2 amide bonds. The number of hydrogen-bond donors (Lipinski definition) is 4. The Kier molecular flexibility index (Phi) is 11.4. The Morgan fingerprint density at radius 3 is 1.79 bits per heavy atom. The molecule has 7 aromatic rings. The molecule has 0 bridgehead atoms. The number of nitrogens with one attached hydrogen (secondary N) is 3. The number of aromatic nitrogens is 6. The van der Waals surface area contributed by atoms with Crippen molar-refractivity contribution in [2.24, 2.45) is 5.92 Å². The van der Waals surface area contributed by atoms with Gasteiger partial charge in [0.2, 0.25) is 5.82 Å². The summed E-state index contributed by atoms with van der Waals surface area (Å²) in [7, 11) is 0. The van der Waals surface area contributed by atoms with Gasteiger partial charge in [0.05, 0.1) is 45.5 Å². The van der Waals surface area contributed by atoms with Gasteiger partial charge >= 0.3 is 12.1 Å². The molecule has 0 atom stereocenters. The number of carboxylic acids is 1. The Balaban J connectivity index is 0.000000208. The number of alkyl halides is 3. The molecule has 0 spiro atoms. The third-order valence-corrected chi connectivity index (χ3v) is 10.8. The minimum absolute atomic E-state index is 0.0503. The monoisotopic (exact) mass is 866 g/mol. The van der Waals surface area contributed by atoms with Crippen molar-refractivity contribution >= 4 is 39.3 Å². The molecule has 4 aromatic carbocycles. The van der Waals surface area contributed by atoms with E-state index in [9.17, 15) is 45.9 Å². The zero-order valence-corrected chi connectivity index (χ0v) is 32.9. The van der Waals surface area contributed by atoms with E-state index < -0.39 is 41.4 Å². The predicted octanol–water partition coefficient (Wildman–Crippen LogP) is 6.02. The number of hydrogen-bond acceptors (Lipinski definition) is 8. The van der Waals surface area contributed by atoms with E-state index >= 15 is 0 Å². The zero-order chi connectivity index (χ0) is 44.6. The Morgan fingerprint density at radius 1 is 0.746 bits per heavy atom. The van der Waals surface area contributed by atoms with Crippen molar-refractivity contribution in [1.29, 1.82) is 0 Å². The molecule has 0 saturated heterocycles. The number of carbonyl (C=O) groups excluding carboxylic acids is 2. The molecule has 3 aromatic heterocycles. The van der Waals surface area contributed by atoms with Gasteiger partial charge in [0.1, 0.15) is 11.6 Å². The SMILES string of the molecule is O=C(NCC1CC1)c1nc(C(F)(F)F)n2c1CN(C(=O)c1cc(Cc3n[nH]c(=O)c4ccccc34)ccc1F)CC2.O=C(O)c1cc(Cc2n[nH]c(=O)c3ccccc23)ccc1F. The number of aromatic amines is 2. The van der Waals surface area contributed by atoms with E-state index in [1.807, 2.05) is 0 Å². The van der Waals surface area contributed by atoms with Crippen LogP contribution in [0.5, 0.6) is 0 Å². The van der Waals surface area contributed by atoms with Gasteiger partial charge in [-0.05, 0) is 66.3 Å². The fraction of sp³-hybridized carbons (Fsp3) is 0.227. The van der Waals surface area contributed by atoms with E-state index in [0.717, 1.165) is 29.5 Å². The maximum Gasteiger partial charge on any atom is 0.449 e. The molecule has 4 N–H and O–H groups in total. The Hall–Kier alpha value is -7.57. The molecule has 0 radical (unpaired) electrons. The molecule has 1 saturated carbocycles. The van der Waals surface area contributed by atoms with Gasteiger partial charge in [-0.1, -0.05) is 48.5 Å². The molecule has 322 valence electrons. The lowest BCUT2D eigenvalue weighted by atomic mass is 10.0. The van der Waals surface area contributed by atoms with E-state index in [1.165, 1.54) is 29.2 Å². The van der Waals surface area contributed by atoms with E-state index in [1.54, 1.807) is 48.5 Å². The molecular weight excluding hydrogens is 832 g/mol. The first kappa shape index (κ1) is 42.1. The number of fused-ring (bicyclic) bond motifs is 3. The highest BCUT2D eigenvalue weighted by Crippen LogP contribution is 2.33. The fourth-order valence-corrected chi connectivity index (χ4v) is 7.44. The molecule has 14 nitrogen and oxygen atoms in total. The van der Waals surface area contributed by atoms with Crippen LogP contribution in [0.1, 0.15) is 78.1 Å². The third kappa shape index (κ3) is 8.93. The predicted molar refractivity (Wildman–Crippen MR) is 217 cm³/mol. The standard InChI is InChI=1S/C28H24F4N6O3.C16H11FN2O3/c29-20-8-7-16(12-21-17-3-1-2-4-18(17)24(39)36-35-21)11-19(20)26(41)37-9-10-38-22(14-37)23(34-27(38)28(30,31)32)25(40)33-13-15-5-6-15;17-13-6-5-9(7-12(13)16(21)22)8-14-10-3-1-2-4-11(10)15(20)19-18-14/h1-4,7-8,11,15H,5-6,9-10,12-14H2,(H,33,40)(H,36,39);1-7H,8H2,(H,19,20)(H,21,22). The summed E-state index contributed by atoms with van der Waals surface area (Å²) in [6, 6.07) is 21.8. The van der Waals surface area contributed by atoms with Crippen molar-refractivity contribution in [2.45, 2.75) is 44.9 Å². The lowest BCUT2D eigenvalue weighted by Gasteiger charge is -2.30. The van der Waals surface area contributed by atoms with Crippen molar-refractivity contribution in [3.8, 4) is 0 Å². The Labute approximate surface area is 352 Å². The summed E-state index contributed by atoms with van der Waals surface area (Å²) in [6.07, 6.45) is -2.44. The topological polar surface area (TPSA) is 196 Å². The Morgan fingerprint density at radius 2 is 1.27 bits per heavy atom. The lowest BCUT2D eigenvalue weighted by Crippen LogP contribution is -2.40. The second-order valence-electron chi connectivity index (χ2n) is 15.1. The summed E-state index contributed by atoms with van der Waals surface area (Å²) in [5.41, 5.74) is 0.538. The lowest BCUT2D eigenvalue weighted by molar-refractivity contribution is -0.147. The summed E-state index contributed by atoms with van der Waals surface area (Å²) in [4.78, 5) is 65.9. The normalized spacial score (nSPS) is 13.6. The van der Waals surface area contributed by atoms with Crippen molar-refractivity contribution < 1.29 is 41.4 Å². The number of halogens is 5. The summed E-state index contributed by atoms with van der Waals surface area (Å²) in [6.45, 7) is -0.395. The maximum atomic E-state index is 14.9. The molecule has 2 aliphatic rings. The summed E-state index contributed by atoms with van der Waals surface area (Å²) in [5, 5.41) is 26.9. The maximum absolute atomic E-state index is 14.9. The number of aromatic carboxylic acids is 1. The number of carbonyl (C=O) groups is 3. The number of carboxylic acid groups (broad SMARTS) is 1. The fourth-order valence-electron chi connectivity index (χ4n) is 7.44. The minimum Gasteiger partial charge on any atom is -0.478 e. The number of benzene rings is 4. The highest BCUT2D eigenvalue weighted by Gasteiger charge is 2.42. The molecule has 19 heteroatoms. The average molecular weight is 867 g/mol. The van der Waals surface area contributed by atoms with Gasteiger partial charge in [0, 0.05) is 43.2 Å². The van der Waals surface area contributed by atoms with Crippen molar-refractivity contribution in [3.63, 3.8) is 0 Å². The molecule has 63 heavy (non-hydrogen) atoms. The van der Waals surface area contributed by atoms with E-state index in [-0.39, 0.29) is 66.1 Å². The second-order valence-corrected chi connectivity index (χ2v) is 15.1. The summed E-state index contributed by atoms with van der Waals surface area (Å²) < 4.78 is 70.4. The van der Waals surface area contributed by atoms with Crippen LogP contribution >= 0.6 is 0 Å². The van der Waals surface area contributed by atoms with Crippen molar-refractivity contribution in [3.05, 3.63) is 168 Å². The van der Waals surface area contributed by atoms with Gasteiger partial charge < -0.3 is 19.9 Å². The van der Waals surface area contributed by atoms with Crippen LogP contribution in [0.4, 0.5) is 22.0 Å². The van der Waals surface area contributed by atoms with Gasteiger partial charge in [-0.2, -0.15) is 23.4 Å². The smallest absolute Gasteiger partial charge is 0.449 e. The van der Waals surface area contributed by atoms with Gasteiger partial charge in [0.25, 0.3) is 22.9 Å². The quantitative estimate of drug-likeness (QED) is 0.126. The summed E-state index contributed by atoms with van der Waals surface area (Å²) in [5.74, 6) is -5.26. The van der Waals surface area contributed by atoms with E-state index in [2.05, 4.69) is 30.7 Å². The zero-order valence-electron chi connectivity index (χ0n) is 32.9. The first-order chi connectivity index (χ1) is 30.2. The second kappa shape index (κ2) is 17.1. The third-order valence-electron chi connectivity index (χ3n) is 10.8. The molecule has 1 aliphatic carbocycles. The highest BCUT2D eigenvalue weighted by molar-refractivity contribution is 5.96. The number of nitrogens with zero attached hydrogens (tertiary/aromatic N) is 5. The average Bonchev–Trinajstić information content (AvgIpc) is 4.02. The van der Waals surface area contributed by atoms with Gasteiger partial charge in [-0.15, -0.1) is 0 Å². The first-order valence-corrected chi connectivity index (χ1v) is 19.6. The largest absolute Gasteiger partial charge is 0.478 e. The molecule has 1 fully saturated rings. The van der Waals surface area contributed by atoms with Crippen LogP contribution in [0.3, 0.4) is 0 Å². The van der Waals surface area contributed by atoms with Gasteiger partial charge in [-0.25, -0.2) is 28.8 Å². The Bertz CT molecular complexity index is 3070. The highest BCUT2D eigenvalue weighted by atomic mass is 19.4. The van der Waals surface area contributed by atoms with Gasteiger partial charge in [0.15, 0.2) is 5.69 Å². The van der Waals surface area contributed by atoms with E-state index in [4.69, 9.17) is 5.11 Å². The molecular formula is C44H35F5N8O6. The molecule has 0 unspecified atom stereocenters. The van der Waals surface area contributed by atoms with Crippen LogP contribution in [-0.4, -0.2) is 70.8 Å². The first-order valence-electron chi connectivity index (χ1n) is 19.6. The minimum atomic E-state index is -4.80. The number of amides is 2. The van der Waals surface area contributed by atoms with Crippen LogP contribution in [-0.2, 0) is 32.1 Å². The summed E-state index contributed by atoms with van der Waals surface area (Å²) >= 11 is 0. The van der Waals surface area contributed by atoms with Crippen molar-refractivity contribution in [1.82, 2.24) is 40.2 Å². The van der Waals surface area contributed by atoms with Crippen molar-refractivity contribution in [2.75, 3.05) is 13.1 Å². The van der Waals surface area contributed by atoms with E-state index in [0.29, 0.717) is 56.5 Å². The van der Waals surface area contributed by atoms with Crippen LogP contribution in [0, 0.1) is 17.6 Å². The number of imidazole rings is 1. The van der Waals surface area contributed by atoms with Gasteiger partial charge in [-0.3, -0.25) is 19.2 Å². The molecule has 4 heterocycles. The number of H-pyrrole nitrogens is 2. The molecule has 1 aliphatic heterocycles. The van der Waals surface area contributed by atoms with Crippen LogP contribution in [0.15, 0.2) is 94.5 Å². The molecule has 9 rings (SSSR count). The van der Waals surface area contributed by atoms with Crippen LogP contribution in [0.25, 0.3) is 21.5 Å². The van der Waals surface area contributed by atoms with Crippen LogP contribution in [0.2, 0.25) is 0 Å².